The van der Waals surface area contributed by atoms with Gasteiger partial charge in [0.25, 0.3) is 5.91 Å². The Morgan fingerprint density at radius 2 is 1.81 bits per heavy atom. The second-order valence-corrected chi connectivity index (χ2v) is 5.79. The number of pyridine rings is 1. The van der Waals surface area contributed by atoms with Crippen LogP contribution < -0.4 is 11.1 Å². The largest absolute Gasteiger partial charge is 0.368 e. The third-order valence-electron chi connectivity index (χ3n) is 4.04. The number of benzene rings is 2. The van der Waals surface area contributed by atoms with Gasteiger partial charge in [0.15, 0.2) is 0 Å². The normalized spacial score (nSPS) is 11.5. The van der Waals surface area contributed by atoms with Crippen molar-refractivity contribution in [2.45, 2.75) is 12.5 Å². The molecule has 0 saturated heterocycles. The first-order chi connectivity index (χ1) is 12.6. The molecule has 0 aliphatic rings. The Balaban J connectivity index is 1.82. The van der Waals surface area contributed by atoms with Gasteiger partial charge in [-0.2, -0.15) is 5.26 Å². The van der Waals surface area contributed by atoms with Crippen molar-refractivity contribution in [3.05, 3.63) is 77.5 Å². The standard InChI is InChI=1S/C20H16N4O2/c21-12-15-7-2-1-6-14(15)11-18(19(22)25)24-20(26)17-10-9-13-5-3-4-8-16(13)23-17/h1-10,18H,11H2,(H2,22,25)(H,24,26)/t18-/m0/s1. The lowest BCUT2D eigenvalue weighted by molar-refractivity contribution is -0.119. The molecule has 0 aliphatic carbocycles. The number of hydrogen-bond acceptors (Lipinski definition) is 4. The highest BCUT2D eigenvalue weighted by atomic mass is 16.2. The molecule has 0 aliphatic heterocycles. The number of carbonyl (C=O) groups excluding carboxylic acids is 2. The molecule has 128 valence electrons. The number of para-hydroxylation sites is 1. The number of fused-ring (bicyclic) bond motifs is 1. The Kier molecular flexibility index (Phi) is 4.90. The monoisotopic (exact) mass is 344 g/mol. The van der Waals surface area contributed by atoms with Gasteiger partial charge in [0.05, 0.1) is 17.1 Å². The van der Waals surface area contributed by atoms with E-state index in [1.54, 1.807) is 42.5 Å². The van der Waals surface area contributed by atoms with Crippen LogP contribution in [0.15, 0.2) is 60.7 Å². The molecule has 26 heavy (non-hydrogen) atoms. The van der Waals surface area contributed by atoms with Crippen molar-refractivity contribution in [3.8, 4) is 6.07 Å². The molecule has 3 rings (SSSR count). The molecular weight excluding hydrogens is 328 g/mol. The Labute approximate surface area is 150 Å². The molecule has 1 aromatic heterocycles. The van der Waals surface area contributed by atoms with Gasteiger partial charge in [0.1, 0.15) is 11.7 Å². The Bertz CT molecular complexity index is 1020. The summed E-state index contributed by atoms with van der Waals surface area (Å²) < 4.78 is 0. The average Bonchev–Trinajstić information content (AvgIpc) is 2.67. The highest BCUT2D eigenvalue weighted by Crippen LogP contribution is 2.13. The first kappa shape index (κ1) is 17.1. The van der Waals surface area contributed by atoms with Gasteiger partial charge in [0.2, 0.25) is 5.91 Å². The number of carbonyl (C=O) groups is 2. The zero-order valence-electron chi connectivity index (χ0n) is 13.8. The summed E-state index contributed by atoms with van der Waals surface area (Å²) in [6.45, 7) is 0. The number of nitrogens with one attached hydrogen (secondary N) is 1. The van der Waals surface area contributed by atoms with Crippen LogP contribution in [0.5, 0.6) is 0 Å². The second kappa shape index (κ2) is 7.45. The molecule has 1 heterocycles. The fraction of sp³-hybridized carbons (Fsp3) is 0.100. The average molecular weight is 344 g/mol. The summed E-state index contributed by atoms with van der Waals surface area (Å²) in [6, 6.07) is 18.8. The minimum absolute atomic E-state index is 0.137. The molecule has 0 unspecified atom stereocenters. The lowest BCUT2D eigenvalue weighted by Gasteiger charge is -2.16. The molecule has 6 heteroatoms. The van der Waals surface area contributed by atoms with Crippen LogP contribution >= 0.6 is 0 Å². The highest BCUT2D eigenvalue weighted by molar-refractivity contribution is 5.97. The molecule has 3 aromatic rings. The lowest BCUT2D eigenvalue weighted by atomic mass is 10.0. The topological polar surface area (TPSA) is 109 Å². The summed E-state index contributed by atoms with van der Waals surface area (Å²) in [5.74, 6) is -1.17. The molecule has 0 bridgehead atoms. The predicted molar refractivity (Wildman–Crippen MR) is 97.1 cm³/mol. The quantitative estimate of drug-likeness (QED) is 0.737. The van der Waals surface area contributed by atoms with E-state index in [1.165, 1.54) is 0 Å². The first-order valence-electron chi connectivity index (χ1n) is 8.02. The molecule has 1 atom stereocenters. The van der Waals surface area contributed by atoms with E-state index in [4.69, 9.17) is 11.0 Å². The van der Waals surface area contributed by atoms with Gasteiger partial charge < -0.3 is 11.1 Å². The van der Waals surface area contributed by atoms with E-state index < -0.39 is 17.9 Å². The number of nitriles is 1. The summed E-state index contributed by atoms with van der Waals surface area (Å²) >= 11 is 0. The van der Waals surface area contributed by atoms with Crippen LogP contribution in [0.1, 0.15) is 21.6 Å². The van der Waals surface area contributed by atoms with E-state index in [0.29, 0.717) is 16.6 Å². The highest BCUT2D eigenvalue weighted by Gasteiger charge is 2.21. The number of rotatable bonds is 5. The molecule has 0 saturated carbocycles. The predicted octanol–water partition coefficient (Wildman–Crippen LogP) is 1.93. The fourth-order valence-corrected chi connectivity index (χ4v) is 2.67. The minimum Gasteiger partial charge on any atom is -0.368 e. The van der Waals surface area contributed by atoms with E-state index in [9.17, 15) is 9.59 Å². The van der Waals surface area contributed by atoms with E-state index >= 15 is 0 Å². The molecule has 0 fully saturated rings. The van der Waals surface area contributed by atoms with Gasteiger partial charge in [-0.05, 0) is 23.8 Å². The van der Waals surface area contributed by atoms with Crippen LogP contribution in [-0.4, -0.2) is 22.8 Å². The van der Waals surface area contributed by atoms with Gasteiger partial charge in [-0.25, -0.2) is 4.98 Å². The summed E-state index contributed by atoms with van der Waals surface area (Å²) in [5, 5.41) is 12.7. The van der Waals surface area contributed by atoms with Gasteiger partial charge in [-0.15, -0.1) is 0 Å². The van der Waals surface area contributed by atoms with Crippen molar-refractivity contribution in [3.63, 3.8) is 0 Å². The zero-order valence-corrected chi connectivity index (χ0v) is 13.8. The zero-order chi connectivity index (χ0) is 18.5. The Morgan fingerprint density at radius 3 is 2.58 bits per heavy atom. The summed E-state index contributed by atoms with van der Waals surface area (Å²) in [6.07, 6.45) is 0.137. The Morgan fingerprint density at radius 1 is 1.08 bits per heavy atom. The van der Waals surface area contributed by atoms with Crippen LogP contribution in [0, 0.1) is 11.3 Å². The Hall–Kier alpha value is -3.72. The van der Waals surface area contributed by atoms with Crippen LogP contribution in [0.25, 0.3) is 10.9 Å². The van der Waals surface area contributed by atoms with Crippen LogP contribution in [-0.2, 0) is 11.2 Å². The number of nitrogens with two attached hydrogens (primary N) is 1. The van der Waals surface area contributed by atoms with Crippen molar-refractivity contribution in [1.82, 2.24) is 10.3 Å². The minimum atomic E-state index is -0.940. The third-order valence-corrected chi connectivity index (χ3v) is 4.04. The lowest BCUT2D eigenvalue weighted by Crippen LogP contribution is -2.46. The van der Waals surface area contributed by atoms with Crippen LogP contribution in [0.3, 0.4) is 0 Å². The number of primary amides is 1. The third kappa shape index (κ3) is 3.68. The van der Waals surface area contributed by atoms with Crippen molar-refractivity contribution < 1.29 is 9.59 Å². The first-order valence-corrected chi connectivity index (χ1v) is 8.02. The summed E-state index contributed by atoms with van der Waals surface area (Å²) in [5.41, 5.74) is 7.41. The van der Waals surface area contributed by atoms with Crippen LogP contribution in [0.4, 0.5) is 0 Å². The van der Waals surface area contributed by atoms with E-state index in [-0.39, 0.29) is 12.1 Å². The maximum absolute atomic E-state index is 12.5. The van der Waals surface area contributed by atoms with Gasteiger partial charge in [0, 0.05) is 11.8 Å². The second-order valence-electron chi connectivity index (χ2n) is 5.79. The number of nitrogens with zero attached hydrogens (tertiary/aromatic N) is 2. The maximum atomic E-state index is 12.5. The molecular formula is C20H16N4O2. The van der Waals surface area contributed by atoms with E-state index in [0.717, 1.165) is 5.39 Å². The SMILES string of the molecule is N#Cc1ccccc1C[C@H](NC(=O)c1ccc2ccccc2n1)C(N)=O. The smallest absolute Gasteiger partial charge is 0.270 e. The molecule has 6 nitrogen and oxygen atoms in total. The number of hydrogen-bond donors (Lipinski definition) is 2. The van der Waals surface area contributed by atoms with Crippen molar-refractivity contribution >= 4 is 22.7 Å². The number of aromatic nitrogens is 1. The summed E-state index contributed by atoms with van der Waals surface area (Å²) in [7, 11) is 0. The molecule has 2 amide bonds. The molecule has 0 spiro atoms. The summed E-state index contributed by atoms with van der Waals surface area (Å²) in [4.78, 5) is 28.6. The number of amides is 2. The van der Waals surface area contributed by atoms with Gasteiger partial charge >= 0.3 is 0 Å². The van der Waals surface area contributed by atoms with E-state index in [1.807, 2.05) is 18.2 Å². The van der Waals surface area contributed by atoms with Crippen LogP contribution in [0.2, 0.25) is 0 Å². The van der Waals surface area contributed by atoms with Gasteiger partial charge in [-0.1, -0.05) is 42.5 Å². The molecule has 0 radical (unpaired) electrons. The molecule has 2 aromatic carbocycles. The van der Waals surface area contributed by atoms with Crippen molar-refractivity contribution in [1.29, 1.82) is 5.26 Å². The molecule has 3 N–H and O–H groups in total. The van der Waals surface area contributed by atoms with Gasteiger partial charge in [-0.3, -0.25) is 9.59 Å². The van der Waals surface area contributed by atoms with E-state index in [2.05, 4.69) is 16.4 Å². The fourth-order valence-electron chi connectivity index (χ4n) is 2.67. The van der Waals surface area contributed by atoms with Crippen molar-refractivity contribution in [2.75, 3.05) is 0 Å². The maximum Gasteiger partial charge on any atom is 0.270 e. The van der Waals surface area contributed by atoms with Crippen molar-refractivity contribution in [2.24, 2.45) is 5.73 Å².